The first-order valence-electron chi connectivity index (χ1n) is 3.66. The fourth-order valence-corrected chi connectivity index (χ4v) is 0.759. The van der Waals surface area contributed by atoms with E-state index < -0.39 is 0 Å². The number of hydrogen-bond donors (Lipinski definition) is 0. The van der Waals surface area contributed by atoms with Gasteiger partial charge in [-0.05, 0) is 26.2 Å². The molecule has 0 aromatic carbocycles. The first-order chi connectivity index (χ1) is 4.35. The van der Waals surface area contributed by atoms with Gasteiger partial charge in [0.25, 0.3) is 0 Å². The predicted molar refractivity (Wildman–Crippen MR) is 39.2 cm³/mol. The molecule has 0 rings (SSSR count). The molecular formula is C8H16O. The van der Waals surface area contributed by atoms with Gasteiger partial charge in [0.15, 0.2) is 0 Å². The third-order valence-corrected chi connectivity index (χ3v) is 1.38. The summed E-state index contributed by atoms with van der Waals surface area (Å²) in [5, 5.41) is 0. The minimum absolute atomic E-state index is 0.425. The lowest BCUT2D eigenvalue weighted by Crippen LogP contribution is -2.10. The summed E-state index contributed by atoms with van der Waals surface area (Å²) in [6, 6.07) is 0. The van der Waals surface area contributed by atoms with E-state index in [1.165, 1.54) is 0 Å². The molecule has 0 spiro atoms. The molecule has 0 aromatic rings. The SMILES string of the molecule is [CH]CCOC(CC)CC. The summed E-state index contributed by atoms with van der Waals surface area (Å²) >= 11 is 0. The minimum Gasteiger partial charge on any atom is -0.378 e. The van der Waals surface area contributed by atoms with Crippen molar-refractivity contribution < 1.29 is 4.74 Å². The monoisotopic (exact) mass is 128 g/mol. The highest BCUT2D eigenvalue weighted by atomic mass is 16.5. The molecule has 1 nitrogen and oxygen atoms in total. The van der Waals surface area contributed by atoms with Crippen LogP contribution in [0.2, 0.25) is 0 Å². The Morgan fingerprint density at radius 2 is 1.89 bits per heavy atom. The maximum atomic E-state index is 5.36. The molecule has 0 aliphatic carbocycles. The fourth-order valence-electron chi connectivity index (χ4n) is 0.759. The van der Waals surface area contributed by atoms with Crippen molar-refractivity contribution in [2.24, 2.45) is 0 Å². The van der Waals surface area contributed by atoms with Crippen molar-refractivity contribution in [3.05, 3.63) is 6.92 Å². The fraction of sp³-hybridized carbons (Fsp3) is 0.875. The van der Waals surface area contributed by atoms with Crippen molar-refractivity contribution in [3.8, 4) is 0 Å². The van der Waals surface area contributed by atoms with Gasteiger partial charge in [-0.3, -0.25) is 0 Å². The Kier molecular flexibility index (Phi) is 6.06. The first kappa shape index (κ1) is 8.96. The van der Waals surface area contributed by atoms with Gasteiger partial charge in [-0.15, -0.1) is 0 Å². The molecule has 1 heteroatoms. The van der Waals surface area contributed by atoms with Crippen LogP contribution in [0.15, 0.2) is 0 Å². The Morgan fingerprint density at radius 3 is 2.22 bits per heavy atom. The summed E-state index contributed by atoms with van der Waals surface area (Å²) < 4.78 is 5.36. The molecule has 0 bridgehead atoms. The molecule has 0 amide bonds. The van der Waals surface area contributed by atoms with E-state index in [2.05, 4.69) is 13.8 Å². The Hall–Kier alpha value is -0.0400. The third-order valence-electron chi connectivity index (χ3n) is 1.38. The van der Waals surface area contributed by atoms with Crippen molar-refractivity contribution in [1.29, 1.82) is 0 Å². The first-order valence-corrected chi connectivity index (χ1v) is 3.66. The van der Waals surface area contributed by atoms with Gasteiger partial charge in [0.2, 0.25) is 0 Å². The maximum absolute atomic E-state index is 5.36. The van der Waals surface area contributed by atoms with E-state index in [1.807, 2.05) is 0 Å². The van der Waals surface area contributed by atoms with Gasteiger partial charge in [0.1, 0.15) is 0 Å². The van der Waals surface area contributed by atoms with Crippen molar-refractivity contribution >= 4 is 0 Å². The van der Waals surface area contributed by atoms with Gasteiger partial charge in [-0.25, -0.2) is 0 Å². The molecular weight excluding hydrogens is 112 g/mol. The number of hydrogen-bond acceptors (Lipinski definition) is 1. The molecule has 0 N–H and O–H groups in total. The Balaban J connectivity index is 3.09. The van der Waals surface area contributed by atoms with E-state index in [9.17, 15) is 0 Å². The van der Waals surface area contributed by atoms with Crippen molar-refractivity contribution in [2.45, 2.75) is 39.2 Å². The smallest absolute Gasteiger partial charge is 0.0569 e. The number of rotatable bonds is 5. The quantitative estimate of drug-likeness (QED) is 0.552. The Bertz CT molecular complexity index is 48.5. The van der Waals surface area contributed by atoms with Crippen LogP contribution in [0.5, 0.6) is 0 Å². The zero-order valence-electron chi connectivity index (χ0n) is 6.39. The van der Waals surface area contributed by atoms with Crippen LogP contribution in [0, 0.1) is 6.92 Å². The molecule has 0 aliphatic rings. The van der Waals surface area contributed by atoms with Gasteiger partial charge in [-0.2, -0.15) is 0 Å². The van der Waals surface area contributed by atoms with Crippen LogP contribution < -0.4 is 0 Å². The highest BCUT2D eigenvalue weighted by molar-refractivity contribution is 4.50. The van der Waals surface area contributed by atoms with Gasteiger partial charge in [0.05, 0.1) is 6.10 Å². The van der Waals surface area contributed by atoms with E-state index in [1.54, 1.807) is 0 Å². The molecule has 9 heavy (non-hydrogen) atoms. The highest BCUT2D eigenvalue weighted by Crippen LogP contribution is 2.02. The standard InChI is InChI=1S/C8H16O/c1-4-7-9-8(5-2)6-3/h1,8H,4-7H2,2-3H3. The van der Waals surface area contributed by atoms with Gasteiger partial charge in [-0.1, -0.05) is 13.8 Å². The maximum Gasteiger partial charge on any atom is 0.0569 e. The Labute approximate surface area is 58.4 Å². The lowest BCUT2D eigenvalue weighted by Gasteiger charge is -2.11. The Morgan fingerprint density at radius 1 is 1.33 bits per heavy atom. The summed E-state index contributed by atoms with van der Waals surface area (Å²) in [4.78, 5) is 0. The molecule has 2 radical (unpaired) electrons. The van der Waals surface area contributed by atoms with E-state index in [-0.39, 0.29) is 0 Å². The van der Waals surface area contributed by atoms with Crippen LogP contribution in [0.3, 0.4) is 0 Å². The molecule has 0 fully saturated rings. The van der Waals surface area contributed by atoms with Gasteiger partial charge < -0.3 is 4.74 Å². The summed E-state index contributed by atoms with van der Waals surface area (Å²) in [5.74, 6) is 0. The van der Waals surface area contributed by atoms with Crippen LogP contribution in [-0.2, 0) is 4.74 Å². The summed E-state index contributed by atoms with van der Waals surface area (Å²) in [7, 11) is 0. The summed E-state index contributed by atoms with van der Waals surface area (Å²) in [6.45, 7) is 10.2. The molecule has 0 unspecified atom stereocenters. The summed E-state index contributed by atoms with van der Waals surface area (Å²) in [6.07, 6.45) is 3.25. The van der Waals surface area contributed by atoms with Crippen molar-refractivity contribution in [1.82, 2.24) is 0 Å². The second kappa shape index (κ2) is 6.09. The second-order valence-corrected chi connectivity index (χ2v) is 2.10. The molecule has 0 saturated heterocycles. The van der Waals surface area contributed by atoms with E-state index >= 15 is 0 Å². The molecule has 0 heterocycles. The average Bonchev–Trinajstić information content (AvgIpc) is 1.91. The molecule has 0 saturated carbocycles. The second-order valence-electron chi connectivity index (χ2n) is 2.10. The predicted octanol–water partition coefficient (Wildman–Crippen LogP) is 2.29. The molecule has 0 atom stereocenters. The lowest BCUT2D eigenvalue weighted by atomic mass is 10.2. The van der Waals surface area contributed by atoms with Crippen LogP contribution >= 0.6 is 0 Å². The van der Waals surface area contributed by atoms with Crippen LogP contribution in [0.1, 0.15) is 33.1 Å². The minimum atomic E-state index is 0.425. The third kappa shape index (κ3) is 4.46. The normalized spacial score (nSPS) is 10.7. The van der Waals surface area contributed by atoms with E-state index in [0.29, 0.717) is 19.1 Å². The molecule has 54 valence electrons. The number of ether oxygens (including phenoxy) is 1. The van der Waals surface area contributed by atoms with Crippen LogP contribution in [-0.4, -0.2) is 12.7 Å². The zero-order chi connectivity index (χ0) is 7.11. The lowest BCUT2D eigenvalue weighted by molar-refractivity contribution is 0.0512. The van der Waals surface area contributed by atoms with Crippen molar-refractivity contribution in [2.75, 3.05) is 6.61 Å². The highest BCUT2D eigenvalue weighted by Gasteiger charge is 1.99. The zero-order valence-corrected chi connectivity index (χ0v) is 6.39. The van der Waals surface area contributed by atoms with E-state index in [0.717, 1.165) is 12.8 Å². The molecule has 0 aromatic heterocycles. The largest absolute Gasteiger partial charge is 0.378 e. The van der Waals surface area contributed by atoms with Crippen LogP contribution in [0.25, 0.3) is 0 Å². The van der Waals surface area contributed by atoms with Crippen LogP contribution in [0.4, 0.5) is 0 Å². The molecule has 0 aliphatic heterocycles. The van der Waals surface area contributed by atoms with E-state index in [4.69, 9.17) is 11.7 Å². The average molecular weight is 128 g/mol. The van der Waals surface area contributed by atoms with Gasteiger partial charge >= 0.3 is 0 Å². The topological polar surface area (TPSA) is 9.23 Å². The summed E-state index contributed by atoms with van der Waals surface area (Å²) in [5.41, 5.74) is 0. The van der Waals surface area contributed by atoms with Gasteiger partial charge in [0, 0.05) is 6.61 Å². The van der Waals surface area contributed by atoms with Crippen molar-refractivity contribution in [3.63, 3.8) is 0 Å².